The number of ether oxygens (including phenoxy) is 3. The molecule has 1 aliphatic rings. The van der Waals surface area contributed by atoms with Gasteiger partial charge in [-0.05, 0) is 13.8 Å². The maximum absolute atomic E-state index is 5.80. The molecule has 1 fully saturated rings. The van der Waals surface area contributed by atoms with E-state index in [2.05, 4.69) is 0 Å². The van der Waals surface area contributed by atoms with Crippen molar-refractivity contribution in [3.05, 3.63) is 0 Å². The lowest BCUT2D eigenvalue weighted by Gasteiger charge is -2.28. The van der Waals surface area contributed by atoms with Gasteiger partial charge in [-0.25, -0.2) is 0 Å². The molecule has 0 unspecified atom stereocenters. The first-order valence-electron chi connectivity index (χ1n) is 4.62. The van der Waals surface area contributed by atoms with E-state index in [9.17, 15) is 0 Å². The zero-order valence-corrected chi connectivity index (χ0v) is 8.58. The second-order valence-corrected chi connectivity index (χ2v) is 3.73. The maximum atomic E-state index is 5.80. The van der Waals surface area contributed by atoms with Gasteiger partial charge in [0.15, 0.2) is 0 Å². The molecule has 0 aliphatic carbocycles. The van der Waals surface area contributed by atoms with Crippen molar-refractivity contribution >= 4 is 7.85 Å². The fourth-order valence-corrected chi connectivity index (χ4v) is 1.63. The van der Waals surface area contributed by atoms with Crippen molar-refractivity contribution in [2.24, 2.45) is 0 Å². The second-order valence-electron chi connectivity index (χ2n) is 3.73. The maximum Gasteiger partial charge on any atom is 0.113 e. The molecule has 0 amide bonds. The SMILES string of the molecule is [B][C@@H]1O[C@H](C)C[C@@]1(C)OCCOC. The fraction of sp³-hybridized carbons (Fsp3) is 1.00. The zero-order chi connectivity index (χ0) is 9.90. The molecule has 74 valence electrons. The van der Waals surface area contributed by atoms with Gasteiger partial charge in [0.1, 0.15) is 7.85 Å². The Balaban J connectivity index is 2.36. The highest BCUT2D eigenvalue weighted by molar-refractivity contribution is 6.12. The van der Waals surface area contributed by atoms with Crippen LogP contribution in [-0.4, -0.2) is 45.9 Å². The van der Waals surface area contributed by atoms with E-state index in [0.717, 1.165) is 6.42 Å². The topological polar surface area (TPSA) is 27.7 Å². The van der Waals surface area contributed by atoms with Crippen molar-refractivity contribution in [1.29, 1.82) is 0 Å². The molecule has 0 aromatic heterocycles. The molecular weight excluding hydrogens is 167 g/mol. The van der Waals surface area contributed by atoms with Crippen LogP contribution < -0.4 is 0 Å². The summed E-state index contributed by atoms with van der Waals surface area (Å²) in [6.45, 7) is 5.15. The molecule has 13 heavy (non-hydrogen) atoms. The minimum atomic E-state index is -0.349. The van der Waals surface area contributed by atoms with E-state index in [0.29, 0.717) is 13.2 Å². The zero-order valence-electron chi connectivity index (χ0n) is 8.58. The highest BCUT2D eigenvalue weighted by atomic mass is 16.6. The van der Waals surface area contributed by atoms with Crippen LogP contribution in [0.4, 0.5) is 0 Å². The molecular formula is C9H17BO3. The molecule has 1 heterocycles. The standard InChI is InChI=1S/C9H17BO3/c1-7-6-9(2,8(10)13-7)12-5-4-11-3/h7-8H,4-6H2,1-3H3/t7-,8-,9-/m1/s1. The van der Waals surface area contributed by atoms with Crippen LogP contribution in [0.3, 0.4) is 0 Å². The Hall–Kier alpha value is -0.0551. The molecule has 0 N–H and O–H groups in total. The summed E-state index contributed by atoms with van der Waals surface area (Å²) in [6.07, 6.45) is 1.03. The second kappa shape index (κ2) is 4.44. The quantitative estimate of drug-likeness (QED) is 0.475. The van der Waals surface area contributed by atoms with Gasteiger partial charge in [-0.15, -0.1) is 0 Å². The summed E-state index contributed by atoms with van der Waals surface area (Å²) < 4.78 is 16.0. The van der Waals surface area contributed by atoms with E-state index in [4.69, 9.17) is 22.1 Å². The number of methoxy groups -OCH3 is 1. The van der Waals surface area contributed by atoms with E-state index in [-0.39, 0.29) is 17.7 Å². The summed E-state index contributed by atoms with van der Waals surface area (Å²) in [7, 11) is 7.45. The lowest BCUT2D eigenvalue weighted by molar-refractivity contribution is -0.0672. The van der Waals surface area contributed by atoms with E-state index >= 15 is 0 Å². The molecule has 1 rings (SSSR count). The van der Waals surface area contributed by atoms with Crippen LogP contribution in [0, 0.1) is 0 Å². The predicted molar refractivity (Wildman–Crippen MR) is 50.9 cm³/mol. The van der Waals surface area contributed by atoms with Crippen molar-refractivity contribution in [2.75, 3.05) is 20.3 Å². The van der Waals surface area contributed by atoms with Crippen LogP contribution in [0.2, 0.25) is 0 Å². The number of rotatable bonds is 4. The number of hydrogen-bond donors (Lipinski definition) is 0. The average Bonchev–Trinajstić information content (AvgIpc) is 2.27. The Bertz CT molecular complexity index is 165. The molecule has 0 saturated carbocycles. The van der Waals surface area contributed by atoms with Gasteiger partial charge >= 0.3 is 0 Å². The molecule has 3 nitrogen and oxygen atoms in total. The third-order valence-electron chi connectivity index (χ3n) is 2.39. The Labute approximate surface area is 81.1 Å². The predicted octanol–water partition coefficient (Wildman–Crippen LogP) is 0.711. The van der Waals surface area contributed by atoms with Gasteiger partial charge in [-0.1, -0.05) is 0 Å². The summed E-state index contributed by atoms with van der Waals surface area (Å²) in [4.78, 5) is 0. The summed E-state index contributed by atoms with van der Waals surface area (Å²) in [5.41, 5.74) is -0.349. The van der Waals surface area contributed by atoms with Crippen molar-refractivity contribution in [2.45, 2.75) is 38.0 Å². The first-order valence-corrected chi connectivity index (χ1v) is 4.62. The van der Waals surface area contributed by atoms with Gasteiger partial charge in [0.2, 0.25) is 0 Å². The first kappa shape index (κ1) is 11.0. The molecule has 4 heteroatoms. The van der Waals surface area contributed by atoms with Crippen molar-refractivity contribution < 1.29 is 14.2 Å². The van der Waals surface area contributed by atoms with Gasteiger partial charge in [0.05, 0.1) is 24.9 Å². The van der Waals surface area contributed by atoms with Crippen LogP contribution in [-0.2, 0) is 14.2 Å². The van der Waals surface area contributed by atoms with Gasteiger partial charge in [-0.2, -0.15) is 0 Å². The van der Waals surface area contributed by atoms with Crippen LogP contribution in [0.25, 0.3) is 0 Å². The third-order valence-corrected chi connectivity index (χ3v) is 2.39. The summed E-state index contributed by atoms with van der Waals surface area (Å²) in [5.74, 6) is 0. The molecule has 0 aromatic rings. The van der Waals surface area contributed by atoms with Gasteiger partial charge in [-0.3, -0.25) is 0 Å². The van der Waals surface area contributed by atoms with Crippen molar-refractivity contribution in [3.63, 3.8) is 0 Å². The van der Waals surface area contributed by atoms with Crippen molar-refractivity contribution in [3.8, 4) is 0 Å². The molecule has 0 spiro atoms. The number of hydrogen-bond acceptors (Lipinski definition) is 3. The normalized spacial score (nSPS) is 39.6. The summed E-state index contributed by atoms with van der Waals surface area (Å²) in [6, 6.07) is -0.320. The third kappa shape index (κ3) is 2.69. The monoisotopic (exact) mass is 184 g/mol. The Morgan fingerprint density at radius 3 is 2.69 bits per heavy atom. The molecule has 1 aliphatic heterocycles. The fourth-order valence-electron chi connectivity index (χ4n) is 1.63. The van der Waals surface area contributed by atoms with E-state index in [1.807, 2.05) is 13.8 Å². The average molecular weight is 184 g/mol. The lowest BCUT2D eigenvalue weighted by atomic mass is 9.83. The molecule has 0 bridgehead atoms. The minimum absolute atomic E-state index is 0.183. The minimum Gasteiger partial charge on any atom is -0.382 e. The smallest absolute Gasteiger partial charge is 0.113 e. The lowest BCUT2D eigenvalue weighted by Crippen LogP contribution is -2.39. The highest BCUT2D eigenvalue weighted by Gasteiger charge is 2.40. The van der Waals surface area contributed by atoms with Gasteiger partial charge < -0.3 is 14.2 Å². The Morgan fingerprint density at radius 1 is 1.54 bits per heavy atom. The van der Waals surface area contributed by atoms with Gasteiger partial charge in [0, 0.05) is 19.5 Å². The highest BCUT2D eigenvalue weighted by Crippen LogP contribution is 2.31. The van der Waals surface area contributed by atoms with Crippen LogP contribution in [0.15, 0.2) is 0 Å². The Morgan fingerprint density at radius 2 is 2.23 bits per heavy atom. The summed E-state index contributed by atoms with van der Waals surface area (Å²) >= 11 is 0. The van der Waals surface area contributed by atoms with Crippen LogP contribution in [0.5, 0.6) is 0 Å². The first-order chi connectivity index (χ1) is 6.08. The van der Waals surface area contributed by atoms with E-state index < -0.39 is 0 Å². The molecule has 3 atom stereocenters. The molecule has 0 aromatic carbocycles. The van der Waals surface area contributed by atoms with E-state index in [1.54, 1.807) is 7.11 Å². The largest absolute Gasteiger partial charge is 0.382 e. The van der Waals surface area contributed by atoms with Crippen molar-refractivity contribution in [1.82, 2.24) is 0 Å². The summed E-state index contributed by atoms with van der Waals surface area (Å²) in [5, 5.41) is 0. The molecule has 1 saturated heterocycles. The van der Waals surface area contributed by atoms with Gasteiger partial charge in [0.25, 0.3) is 0 Å². The van der Waals surface area contributed by atoms with Crippen LogP contribution in [0.1, 0.15) is 20.3 Å². The van der Waals surface area contributed by atoms with E-state index in [1.165, 1.54) is 0 Å². The molecule has 2 radical (unpaired) electrons. The van der Waals surface area contributed by atoms with Crippen LogP contribution >= 0.6 is 0 Å². The Kier molecular flexibility index (Phi) is 3.77.